The smallest absolute Gasteiger partial charge is 0.148 e. The second kappa shape index (κ2) is 4.94. The average Bonchev–Trinajstić information content (AvgIpc) is 2.84. The summed E-state index contributed by atoms with van der Waals surface area (Å²) in [5.74, 6) is 0.323. The molecular weight excluding hydrogens is 266 g/mol. The van der Waals surface area contributed by atoms with E-state index < -0.39 is 9.84 Å². The Hall–Kier alpha value is -0.390. The van der Waals surface area contributed by atoms with Crippen molar-refractivity contribution >= 4 is 21.2 Å². The number of sulfone groups is 1. The van der Waals surface area contributed by atoms with E-state index in [1.807, 2.05) is 0 Å². The van der Waals surface area contributed by atoms with E-state index in [1.165, 1.54) is 16.0 Å². The minimum Gasteiger partial charge on any atom is -0.309 e. The number of rotatable bonds is 6. The molecule has 3 nitrogen and oxygen atoms in total. The highest BCUT2D eigenvalue weighted by atomic mass is 32.2. The second-order valence-electron chi connectivity index (χ2n) is 5.62. The standard InChI is InChI=1S/C13H21NO2S2/c1-10-4-5-12(17-10)11(2)14-8-13(6-7-13)9-18(3,15)16/h4-5,11,14H,6-9H2,1-3H3/t11-/m1/s1. The van der Waals surface area contributed by atoms with Crippen molar-refractivity contribution in [2.45, 2.75) is 32.7 Å². The van der Waals surface area contributed by atoms with Crippen LogP contribution >= 0.6 is 11.3 Å². The lowest BCUT2D eigenvalue weighted by molar-refractivity contribution is 0.457. The van der Waals surface area contributed by atoms with Crippen LogP contribution in [0.5, 0.6) is 0 Å². The minimum atomic E-state index is -2.87. The highest BCUT2D eigenvalue weighted by molar-refractivity contribution is 7.90. The molecule has 1 aliphatic carbocycles. The van der Waals surface area contributed by atoms with Crippen LogP contribution in [0.25, 0.3) is 0 Å². The molecule has 0 amide bonds. The molecular formula is C13H21NO2S2. The molecule has 0 unspecified atom stereocenters. The molecule has 0 saturated heterocycles. The maximum absolute atomic E-state index is 11.4. The van der Waals surface area contributed by atoms with Gasteiger partial charge in [-0.1, -0.05) is 0 Å². The molecule has 18 heavy (non-hydrogen) atoms. The van der Waals surface area contributed by atoms with Crippen molar-refractivity contribution in [1.29, 1.82) is 0 Å². The van der Waals surface area contributed by atoms with Crippen molar-refractivity contribution in [3.63, 3.8) is 0 Å². The van der Waals surface area contributed by atoms with Gasteiger partial charge in [-0.15, -0.1) is 11.3 Å². The summed E-state index contributed by atoms with van der Waals surface area (Å²) in [6, 6.07) is 4.58. The lowest BCUT2D eigenvalue weighted by atomic mass is 10.1. The van der Waals surface area contributed by atoms with Crippen LogP contribution in [0.15, 0.2) is 12.1 Å². The van der Waals surface area contributed by atoms with Gasteiger partial charge in [0, 0.05) is 28.6 Å². The van der Waals surface area contributed by atoms with E-state index in [-0.39, 0.29) is 5.41 Å². The molecule has 1 N–H and O–H groups in total. The van der Waals surface area contributed by atoms with E-state index in [4.69, 9.17) is 0 Å². The molecule has 0 bridgehead atoms. The fourth-order valence-corrected chi connectivity index (χ4v) is 4.67. The van der Waals surface area contributed by atoms with Gasteiger partial charge in [0.25, 0.3) is 0 Å². The summed E-state index contributed by atoms with van der Waals surface area (Å²) in [5, 5.41) is 3.48. The first-order valence-corrected chi connectivity index (χ1v) is 9.15. The Balaban J connectivity index is 1.88. The predicted octanol–water partition coefficient (Wildman–Crippen LogP) is 2.53. The van der Waals surface area contributed by atoms with Crippen LogP contribution in [0, 0.1) is 12.3 Å². The van der Waals surface area contributed by atoms with Crippen LogP contribution in [0.1, 0.15) is 35.6 Å². The van der Waals surface area contributed by atoms with Crippen LogP contribution in [0.2, 0.25) is 0 Å². The summed E-state index contributed by atoms with van der Waals surface area (Å²) >= 11 is 1.80. The van der Waals surface area contributed by atoms with Gasteiger partial charge in [-0.2, -0.15) is 0 Å². The number of aryl methyl sites for hydroxylation is 1. The van der Waals surface area contributed by atoms with Crippen LogP contribution < -0.4 is 5.32 Å². The quantitative estimate of drug-likeness (QED) is 0.874. The average molecular weight is 287 g/mol. The van der Waals surface area contributed by atoms with Crippen molar-refractivity contribution in [3.05, 3.63) is 21.9 Å². The largest absolute Gasteiger partial charge is 0.309 e. The molecule has 0 radical (unpaired) electrons. The monoisotopic (exact) mass is 287 g/mol. The van der Waals surface area contributed by atoms with Crippen molar-refractivity contribution in [3.8, 4) is 0 Å². The van der Waals surface area contributed by atoms with Crippen LogP contribution in [-0.2, 0) is 9.84 Å². The van der Waals surface area contributed by atoms with Gasteiger partial charge in [0.1, 0.15) is 9.84 Å². The Labute approximate surface area is 114 Å². The van der Waals surface area contributed by atoms with Gasteiger partial charge >= 0.3 is 0 Å². The normalized spacial score (nSPS) is 19.7. The van der Waals surface area contributed by atoms with Gasteiger partial charge < -0.3 is 5.32 Å². The molecule has 1 aromatic heterocycles. The summed E-state index contributed by atoms with van der Waals surface area (Å²) < 4.78 is 22.8. The summed E-state index contributed by atoms with van der Waals surface area (Å²) in [4.78, 5) is 2.64. The maximum atomic E-state index is 11.4. The molecule has 1 aromatic rings. The fraction of sp³-hybridized carbons (Fsp3) is 0.692. The molecule has 102 valence electrons. The molecule has 1 aliphatic rings. The van der Waals surface area contributed by atoms with Gasteiger partial charge in [0.2, 0.25) is 0 Å². The second-order valence-corrected chi connectivity index (χ2v) is 9.08. The van der Waals surface area contributed by atoms with E-state index >= 15 is 0 Å². The third-order valence-corrected chi connectivity index (χ3v) is 5.82. The molecule has 1 saturated carbocycles. The Morgan fingerprint density at radius 3 is 2.56 bits per heavy atom. The summed E-state index contributed by atoms with van der Waals surface area (Å²) in [6.45, 7) is 5.05. The van der Waals surface area contributed by atoms with Crippen LogP contribution in [0.4, 0.5) is 0 Å². The van der Waals surface area contributed by atoms with Crippen molar-refractivity contribution in [2.75, 3.05) is 18.6 Å². The first-order valence-electron chi connectivity index (χ1n) is 6.27. The molecule has 1 atom stereocenters. The van der Waals surface area contributed by atoms with Gasteiger partial charge in [0.05, 0.1) is 5.75 Å². The first-order chi connectivity index (χ1) is 8.30. The third kappa shape index (κ3) is 3.80. The van der Waals surface area contributed by atoms with E-state index in [1.54, 1.807) is 11.3 Å². The molecule has 0 spiro atoms. The summed E-state index contributed by atoms with van der Waals surface area (Å²) in [5.41, 5.74) is 0.00808. The summed E-state index contributed by atoms with van der Waals surface area (Å²) in [7, 11) is -2.87. The van der Waals surface area contributed by atoms with E-state index in [9.17, 15) is 8.42 Å². The van der Waals surface area contributed by atoms with Crippen molar-refractivity contribution in [2.24, 2.45) is 5.41 Å². The number of hydrogen-bond donors (Lipinski definition) is 1. The number of thiophene rings is 1. The number of hydrogen-bond acceptors (Lipinski definition) is 4. The minimum absolute atomic E-state index is 0.00808. The lowest BCUT2D eigenvalue weighted by Gasteiger charge is -2.18. The molecule has 1 fully saturated rings. The topological polar surface area (TPSA) is 46.2 Å². The Morgan fingerprint density at radius 1 is 1.44 bits per heavy atom. The Bertz CT molecular complexity index is 515. The maximum Gasteiger partial charge on any atom is 0.148 e. The highest BCUT2D eigenvalue weighted by Crippen LogP contribution is 2.46. The number of nitrogens with one attached hydrogen (secondary N) is 1. The zero-order chi connectivity index (χ0) is 13.4. The van der Waals surface area contributed by atoms with Crippen LogP contribution in [0.3, 0.4) is 0 Å². The Morgan fingerprint density at radius 2 is 2.11 bits per heavy atom. The molecule has 2 rings (SSSR count). The van der Waals surface area contributed by atoms with Gasteiger partial charge in [-0.3, -0.25) is 0 Å². The zero-order valence-electron chi connectivity index (χ0n) is 11.2. The lowest BCUT2D eigenvalue weighted by Crippen LogP contribution is -2.30. The highest BCUT2D eigenvalue weighted by Gasteiger charge is 2.44. The SMILES string of the molecule is Cc1ccc([C@@H](C)NCC2(CS(C)(=O)=O)CC2)s1. The van der Waals surface area contributed by atoms with Gasteiger partial charge in [-0.05, 0) is 44.2 Å². The van der Waals surface area contributed by atoms with Gasteiger partial charge in [-0.25, -0.2) is 8.42 Å². The van der Waals surface area contributed by atoms with Crippen molar-refractivity contribution < 1.29 is 8.42 Å². The Kier molecular flexibility index (Phi) is 3.85. The molecule has 0 aromatic carbocycles. The van der Waals surface area contributed by atoms with E-state index in [2.05, 4.69) is 31.3 Å². The molecule has 5 heteroatoms. The fourth-order valence-electron chi connectivity index (χ4n) is 2.26. The van der Waals surface area contributed by atoms with E-state index in [0.29, 0.717) is 11.8 Å². The predicted molar refractivity (Wildman–Crippen MR) is 76.9 cm³/mol. The van der Waals surface area contributed by atoms with E-state index in [0.717, 1.165) is 19.4 Å². The molecule has 0 aliphatic heterocycles. The van der Waals surface area contributed by atoms with Crippen LogP contribution in [-0.4, -0.2) is 27.0 Å². The molecule has 1 heterocycles. The summed E-state index contributed by atoms with van der Waals surface area (Å²) in [6.07, 6.45) is 3.39. The first kappa shape index (κ1) is 14.0. The zero-order valence-corrected chi connectivity index (χ0v) is 12.8. The van der Waals surface area contributed by atoms with Crippen molar-refractivity contribution in [1.82, 2.24) is 5.32 Å². The van der Waals surface area contributed by atoms with Gasteiger partial charge in [0.15, 0.2) is 0 Å². The third-order valence-electron chi connectivity index (χ3n) is 3.50.